The first-order chi connectivity index (χ1) is 13.5. The molecular formula is C21H18N2O4S. The average Bonchev–Trinajstić information content (AvgIpc) is 3.12. The van der Waals surface area contributed by atoms with Gasteiger partial charge in [-0.3, -0.25) is 19.8 Å². The van der Waals surface area contributed by atoms with Gasteiger partial charge >= 0.3 is 0 Å². The summed E-state index contributed by atoms with van der Waals surface area (Å²) >= 11 is 5.24. The zero-order chi connectivity index (χ0) is 19.8. The van der Waals surface area contributed by atoms with Crippen LogP contribution in [0.2, 0.25) is 0 Å². The summed E-state index contributed by atoms with van der Waals surface area (Å²) in [4.78, 5) is 26.9. The van der Waals surface area contributed by atoms with E-state index in [2.05, 4.69) is 12.2 Å². The van der Waals surface area contributed by atoms with Crippen molar-refractivity contribution >= 4 is 40.9 Å². The molecule has 0 bridgehead atoms. The fraction of sp³-hybridized carbons (Fsp3) is 0.190. The molecule has 2 aliphatic heterocycles. The Morgan fingerprint density at radius 1 is 1.14 bits per heavy atom. The van der Waals surface area contributed by atoms with Gasteiger partial charge in [0.2, 0.25) is 6.79 Å². The summed E-state index contributed by atoms with van der Waals surface area (Å²) in [5, 5.41) is 2.67. The molecule has 1 N–H and O–H groups in total. The van der Waals surface area contributed by atoms with Crippen molar-refractivity contribution in [2.75, 3.05) is 11.7 Å². The lowest BCUT2D eigenvalue weighted by molar-refractivity contribution is -0.122. The zero-order valence-corrected chi connectivity index (χ0v) is 16.3. The molecule has 0 aromatic heterocycles. The number of ether oxygens (including phenoxy) is 2. The number of amides is 2. The number of fused-ring (bicyclic) bond motifs is 1. The average molecular weight is 394 g/mol. The largest absolute Gasteiger partial charge is 0.454 e. The number of benzene rings is 2. The quantitative estimate of drug-likeness (QED) is 0.492. The molecule has 0 unspecified atom stereocenters. The van der Waals surface area contributed by atoms with E-state index in [0.29, 0.717) is 22.7 Å². The van der Waals surface area contributed by atoms with Crippen LogP contribution >= 0.6 is 12.2 Å². The second kappa shape index (κ2) is 7.09. The molecule has 0 saturated carbocycles. The maximum Gasteiger partial charge on any atom is 0.270 e. The molecule has 2 aliphatic rings. The molecule has 1 saturated heterocycles. The van der Waals surface area contributed by atoms with Crippen LogP contribution in [0, 0.1) is 6.92 Å². The Labute approximate surface area is 167 Å². The summed E-state index contributed by atoms with van der Waals surface area (Å²) in [7, 11) is 0. The molecule has 7 heteroatoms. The molecule has 142 valence electrons. The van der Waals surface area contributed by atoms with Gasteiger partial charge in [0.1, 0.15) is 5.57 Å². The predicted octanol–water partition coefficient (Wildman–Crippen LogP) is 3.12. The normalized spacial score (nSPS) is 17.3. The fourth-order valence-corrected chi connectivity index (χ4v) is 3.42. The highest BCUT2D eigenvalue weighted by molar-refractivity contribution is 7.80. The van der Waals surface area contributed by atoms with Crippen molar-refractivity contribution in [3.8, 4) is 11.5 Å². The van der Waals surface area contributed by atoms with Crippen LogP contribution in [0.25, 0.3) is 6.08 Å². The minimum Gasteiger partial charge on any atom is -0.454 e. The van der Waals surface area contributed by atoms with Crippen molar-refractivity contribution in [1.29, 1.82) is 0 Å². The summed E-state index contributed by atoms with van der Waals surface area (Å²) in [6, 6.07) is 11.1. The Hall–Kier alpha value is -3.19. The van der Waals surface area contributed by atoms with Crippen molar-refractivity contribution in [2.24, 2.45) is 0 Å². The van der Waals surface area contributed by atoms with Gasteiger partial charge in [0, 0.05) is 0 Å². The van der Waals surface area contributed by atoms with Gasteiger partial charge in [0.05, 0.1) is 5.69 Å². The highest BCUT2D eigenvalue weighted by atomic mass is 32.1. The number of hydrogen-bond acceptors (Lipinski definition) is 5. The molecule has 1 fully saturated rings. The van der Waals surface area contributed by atoms with Crippen molar-refractivity contribution in [3.63, 3.8) is 0 Å². The van der Waals surface area contributed by atoms with Crippen molar-refractivity contribution < 1.29 is 19.1 Å². The topological polar surface area (TPSA) is 67.9 Å². The van der Waals surface area contributed by atoms with Crippen LogP contribution in [0.4, 0.5) is 5.69 Å². The van der Waals surface area contributed by atoms with E-state index in [1.165, 1.54) is 4.90 Å². The third kappa shape index (κ3) is 3.14. The number of rotatable bonds is 3. The van der Waals surface area contributed by atoms with E-state index < -0.39 is 11.8 Å². The van der Waals surface area contributed by atoms with Crippen molar-refractivity contribution in [1.82, 2.24) is 5.32 Å². The summed E-state index contributed by atoms with van der Waals surface area (Å²) in [5.41, 5.74) is 3.34. The third-order valence-corrected chi connectivity index (χ3v) is 5.05. The Balaban J connectivity index is 1.72. The zero-order valence-electron chi connectivity index (χ0n) is 15.4. The van der Waals surface area contributed by atoms with Crippen LogP contribution in [0.3, 0.4) is 0 Å². The van der Waals surface area contributed by atoms with Crippen LogP contribution < -0.4 is 19.7 Å². The number of nitrogens with one attached hydrogen (secondary N) is 1. The van der Waals surface area contributed by atoms with E-state index in [1.807, 2.05) is 37.3 Å². The first-order valence-electron chi connectivity index (χ1n) is 8.88. The SMILES string of the molecule is CCc1ccc(N2C(=O)/C(=C/c3cc4c(cc3C)OCO4)C(=O)NC2=S)cc1. The van der Waals surface area contributed by atoms with E-state index in [0.717, 1.165) is 17.5 Å². The standard InChI is InChI=1S/C21H18N2O4S/c1-3-13-4-6-15(7-5-13)23-20(25)16(19(24)22-21(23)28)9-14-10-18-17(8-12(14)2)26-11-27-18/h4-10H,3,11H2,1-2H3,(H,22,24,28)/b16-9+. The summed E-state index contributed by atoms with van der Waals surface area (Å²) < 4.78 is 10.8. The van der Waals surface area contributed by atoms with E-state index in [9.17, 15) is 9.59 Å². The van der Waals surface area contributed by atoms with E-state index in [1.54, 1.807) is 12.1 Å². The Kier molecular flexibility index (Phi) is 4.60. The van der Waals surface area contributed by atoms with Gasteiger partial charge in [-0.15, -0.1) is 0 Å². The van der Waals surface area contributed by atoms with Crippen LogP contribution in [0.5, 0.6) is 11.5 Å². The molecule has 0 aliphatic carbocycles. The Bertz CT molecular complexity index is 1030. The van der Waals surface area contributed by atoms with Gasteiger partial charge < -0.3 is 9.47 Å². The lowest BCUT2D eigenvalue weighted by Gasteiger charge is -2.29. The van der Waals surface area contributed by atoms with Gasteiger partial charge in [-0.05, 0) is 72.6 Å². The number of aryl methyl sites for hydroxylation is 2. The van der Waals surface area contributed by atoms with Crippen LogP contribution in [-0.2, 0) is 16.0 Å². The fourth-order valence-electron chi connectivity index (χ4n) is 3.14. The molecule has 4 rings (SSSR count). The summed E-state index contributed by atoms with van der Waals surface area (Å²) in [6.45, 7) is 4.09. The maximum absolute atomic E-state index is 13.1. The predicted molar refractivity (Wildman–Crippen MR) is 109 cm³/mol. The molecule has 2 amide bonds. The number of hydrogen-bond donors (Lipinski definition) is 1. The highest BCUT2D eigenvalue weighted by Gasteiger charge is 2.34. The number of carbonyl (C=O) groups is 2. The molecule has 0 radical (unpaired) electrons. The number of nitrogens with zero attached hydrogens (tertiary/aromatic N) is 1. The van der Waals surface area contributed by atoms with E-state index in [-0.39, 0.29) is 17.5 Å². The third-order valence-electron chi connectivity index (χ3n) is 4.77. The number of thiocarbonyl (C=S) groups is 1. The number of anilines is 1. The van der Waals surface area contributed by atoms with Gasteiger partial charge in [0.25, 0.3) is 11.8 Å². The summed E-state index contributed by atoms with van der Waals surface area (Å²) in [6.07, 6.45) is 2.45. The molecule has 28 heavy (non-hydrogen) atoms. The molecule has 6 nitrogen and oxygen atoms in total. The van der Waals surface area contributed by atoms with Crippen molar-refractivity contribution in [3.05, 3.63) is 58.7 Å². The van der Waals surface area contributed by atoms with Gasteiger partial charge in [-0.1, -0.05) is 19.1 Å². The Morgan fingerprint density at radius 3 is 2.50 bits per heavy atom. The lowest BCUT2D eigenvalue weighted by atomic mass is 10.0. The van der Waals surface area contributed by atoms with Gasteiger partial charge in [-0.25, -0.2) is 0 Å². The smallest absolute Gasteiger partial charge is 0.270 e. The van der Waals surface area contributed by atoms with E-state index in [4.69, 9.17) is 21.7 Å². The summed E-state index contributed by atoms with van der Waals surface area (Å²) in [5.74, 6) is 0.255. The highest BCUT2D eigenvalue weighted by Crippen LogP contribution is 2.35. The van der Waals surface area contributed by atoms with Crippen molar-refractivity contribution in [2.45, 2.75) is 20.3 Å². The first-order valence-corrected chi connectivity index (χ1v) is 9.29. The van der Waals surface area contributed by atoms with E-state index >= 15 is 0 Å². The Morgan fingerprint density at radius 2 is 1.82 bits per heavy atom. The lowest BCUT2D eigenvalue weighted by Crippen LogP contribution is -2.54. The van der Waals surface area contributed by atoms with Gasteiger partial charge in [0.15, 0.2) is 16.6 Å². The molecule has 2 heterocycles. The molecule has 0 atom stereocenters. The van der Waals surface area contributed by atoms with Crippen LogP contribution in [0.15, 0.2) is 42.0 Å². The maximum atomic E-state index is 13.1. The second-order valence-electron chi connectivity index (χ2n) is 6.54. The molecule has 2 aromatic rings. The van der Waals surface area contributed by atoms with Crippen LogP contribution in [0.1, 0.15) is 23.6 Å². The monoisotopic (exact) mass is 394 g/mol. The molecule has 0 spiro atoms. The van der Waals surface area contributed by atoms with Gasteiger partial charge in [-0.2, -0.15) is 0 Å². The number of carbonyl (C=O) groups excluding carboxylic acids is 2. The minimum atomic E-state index is -0.520. The second-order valence-corrected chi connectivity index (χ2v) is 6.93. The first kappa shape index (κ1) is 18.2. The minimum absolute atomic E-state index is 0.00938. The molecule has 2 aromatic carbocycles. The molecular weight excluding hydrogens is 376 g/mol. The van der Waals surface area contributed by atoms with Crippen LogP contribution in [-0.4, -0.2) is 23.7 Å².